The van der Waals surface area contributed by atoms with Gasteiger partial charge in [-0.25, -0.2) is 4.98 Å². The summed E-state index contributed by atoms with van der Waals surface area (Å²) < 4.78 is 0. The van der Waals surface area contributed by atoms with Gasteiger partial charge >= 0.3 is 0 Å². The molecule has 0 spiro atoms. The second-order valence-corrected chi connectivity index (χ2v) is 6.57. The van der Waals surface area contributed by atoms with Crippen LogP contribution in [0.5, 0.6) is 0 Å². The van der Waals surface area contributed by atoms with Gasteiger partial charge < -0.3 is 5.32 Å². The smallest absolute Gasteiger partial charge is 0.129 e. The van der Waals surface area contributed by atoms with E-state index in [0.717, 1.165) is 35.6 Å². The molecule has 2 fully saturated rings. The van der Waals surface area contributed by atoms with Gasteiger partial charge in [0.15, 0.2) is 0 Å². The summed E-state index contributed by atoms with van der Waals surface area (Å²) in [6.07, 6.45) is 5.81. The number of pyridine rings is 1. The molecule has 2 saturated carbocycles. The first-order chi connectivity index (χ1) is 9.81. The molecule has 2 nitrogen and oxygen atoms in total. The summed E-state index contributed by atoms with van der Waals surface area (Å²) in [7, 11) is 0. The highest BCUT2D eigenvalue weighted by Crippen LogP contribution is 2.49. The van der Waals surface area contributed by atoms with E-state index in [1.807, 2.05) is 0 Å². The summed E-state index contributed by atoms with van der Waals surface area (Å²) in [6, 6.07) is 10.6. The number of aryl methyl sites for hydroxylation is 1. The number of rotatable bonds is 5. The lowest BCUT2D eigenvalue weighted by atomic mass is 9.98. The number of benzene rings is 1. The zero-order valence-electron chi connectivity index (χ0n) is 12.1. The number of hydrogen-bond donors (Lipinski definition) is 1. The lowest BCUT2D eigenvalue weighted by Crippen LogP contribution is -2.19. The molecule has 0 radical (unpaired) electrons. The molecule has 0 aliphatic heterocycles. The van der Waals surface area contributed by atoms with Crippen molar-refractivity contribution in [2.45, 2.75) is 32.6 Å². The molecule has 0 atom stereocenters. The van der Waals surface area contributed by atoms with Crippen LogP contribution >= 0.6 is 0 Å². The molecule has 0 saturated heterocycles. The molecule has 0 amide bonds. The van der Waals surface area contributed by atoms with Crippen molar-refractivity contribution >= 4 is 16.7 Å². The number of fused-ring (bicyclic) bond motifs is 1. The van der Waals surface area contributed by atoms with Crippen LogP contribution in [0.1, 0.15) is 31.2 Å². The van der Waals surface area contributed by atoms with Gasteiger partial charge in [-0.05, 0) is 68.1 Å². The van der Waals surface area contributed by atoms with Gasteiger partial charge in [-0.3, -0.25) is 0 Å². The molecule has 0 unspecified atom stereocenters. The van der Waals surface area contributed by atoms with E-state index in [2.05, 4.69) is 42.6 Å². The van der Waals surface area contributed by atoms with Crippen LogP contribution in [0.15, 0.2) is 30.3 Å². The SMILES string of the molecule is Cc1cc2ccccc2nc1NCC(C1CC1)C1CC1. The van der Waals surface area contributed by atoms with Gasteiger partial charge in [-0.1, -0.05) is 18.2 Å². The Morgan fingerprint density at radius 3 is 2.55 bits per heavy atom. The third kappa shape index (κ3) is 2.39. The molecule has 1 heterocycles. The van der Waals surface area contributed by atoms with Crippen LogP contribution in [0.2, 0.25) is 0 Å². The third-order valence-electron chi connectivity index (χ3n) is 4.87. The van der Waals surface area contributed by atoms with Gasteiger partial charge in [0.2, 0.25) is 0 Å². The number of aromatic nitrogens is 1. The first-order valence-electron chi connectivity index (χ1n) is 7.91. The third-order valence-corrected chi connectivity index (χ3v) is 4.87. The van der Waals surface area contributed by atoms with Crippen molar-refractivity contribution in [3.8, 4) is 0 Å². The predicted octanol–water partition coefficient (Wildman–Crippen LogP) is 4.39. The molecule has 2 heteroatoms. The lowest BCUT2D eigenvalue weighted by Gasteiger charge is -2.18. The van der Waals surface area contributed by atoms with Gasteiger partial charge in [0.05, 0.1) is 5.52 Å². The first kappa shape index (κ1) is 12.2. The molecule has 1 aromatic heterocycles. The standard InChI is InChI=1S/C18H22N2/c1-12-10-15-4-2-3-5-17(15)20-18(12)19-11-16(13-6-7-13)14-8-9-14/h2-5,10,13-14,16H,6-9,11H2,1H3,(H,19,20). The van der Waals surface area contributed by atoms with Crippen LogP contribution < -0.4 is 5.32 Å². The number of anilines is 1. The first-order valence-corrected chi connectivity index (χ1v) is 7.91. The van der Waals surface area contributed by atoms with Gasteiger partial charge in [0.1, 0.15) is 5.82 Å². The molecule has 1 N–H and O–H groups in total. The van der Waals surface area contributed by atoms with E-state index < -0.39 is 0 Å². The van der Waals surface area contributed by atoms with Gasteiger partial charge in [-0.2, -0.15) is 0 Å². The number of nitrogens with one attached hydrogen (secondary N) is 1. The van der Waals surface area contributed by atoms with Gasteiger partial charge in [0.25, 0.3) is 0 Å². The largest absolute Gasteiger partial charge is 0.370 e. The molecule has 4 rings (SSSR count). The lowest BCUT2D eigenvalue weighted by molar-refractivity contribution is 0.427. The molecule has 20 heavy (non-hydrogen) atoms. The predicted molar refractivity (Wildman–Crippen MR) is 83.9 cm³/mol. The second kappa shape index (κ2) is 4.76. The van der Waals surface area contributed by atoms with E-state index >= 15 is 0 Å². The number of nitrogens with zero attached hydrogens (tertiary/aromatic N) is 1. The Morgan fingerprint density at radius 2 is 1.85 bits per heavy atom. The summed E-state index contributed by atoms with van der Waals surface area (Å²) in [4.78, 5) is 4.80. The van der Waals surface area contributed by atoms with Crippen molar-refractivity contribution in [3.05, 3.63) is 35.9 Å². The van der Waals surface area contributed by atoms with Crippen LogP contribution in [-0.2, 0) is 0 Å². The average molecular weight is 266 g/mol. The Labute approximate surface area is 120 Å². The molecule has 2 aliphatic carbocycles. The molecule has 104 valence electrons. The van der Waals surface area contributed by atoms with E-state index in [1.54, 1.807) is 0 Å². The molecule has 2 aliphatic rings. The highest BCUT2D eigenvalue weighted by molar-refractivity contribution is 5.81. The van der Waals surface area contributed by atoms with Crippen LogP contribution in [-0.4, -0.2) is 11.5 Å². The van der Waals surface area contributed by atoms with E-state index in [1.165, 1.54) is 36.6 Å². The zero-order valence-corrected chi connectivity index (χ0v) is 12.1. The number of para-hydroxylation sites is 1. The van der Waals surface area contributed by atoms with Crippen molar-refractivity contribution in [2.24, 2.45) is 17.8 Å². The number of hydrogen-bond acceptors (Lipinski definition) is 2. The fourth-order valence-electron chi connectivity index (χ4n) is 3.38. The fraction of sp³-hybridized carbons (Fsp3) is 0.500. The van der Waals surface area contributed by atoms with Gasteiger partial charge in [0, 0.05) is 11.9 Å². The quantitative estimate of drug-likeness (QED) is 0.868. The van der Waals surface area contributed by atoms with Crippen molar-refractivity contribution < 1.29 is 0 Å². The Kier molecular flexibility index (Phi) is 2.90. The maximum atomic E-state index is 4.80. The van der Waals surface area contributed by atoms with Crippen LogP contribution in [0.4, 0.5) is 5.82 Å². The molecule has 0 bridgehead atoms. The monoisotopic (exact) mass is 266 g/mol. The summed E-state index contributed by atoms with van der Waals surface area (Å²) >= 11 is 0. The minimum Gasteiger partial charge on any atom is -0.370 e. The average Bonchev–Trinajstić information content (AvgIpc) is 3.33. The van der Waals surface area contributed by atoms with E-state index in [-0.39, 0.29) is 0 Å². The molecule has 2 aromatic rings. The molecular weight excluding hydrogens is 244 g/mol. The van der Waals surface area contributed by atoms with E-state index in [9.17, 15) is 0 Å². The maximum Gasteiger partial charge on any atom is 0.129 e. The minimum absolute atomic E-state index is 0.891. The van der Waals surface area contributed by atoms with E-state index in [4.69, 9.17) is 4.98 Å². The van der Waals surface area contributed by atoms with Crippen molar-refractivity contribution in [3.63, 3.8) is 0 Å². The van der Waals surface area contributed by atoms with E-state index in [0.29, 0.717) is 0 Å². The molecule has 1 aromatic carbocycles. The van der Waals surface area contributed by atoms with Crippen LogP contribution in [0.25, 0.3) is 10.9 Å². The van der Waals surface area contributed by atoms with Crippen LogP contribution in [0.3, 0.4) is 0 Å². The highest BCUT2D eigenvalue weighted by atomic mass is 15.0. The van der Waals surface area contributed by atoms with Crippen molar-refractivity contribution in [1.29, 1.82) is 0 Å². The highest BCUT2D eigenvalue weighted by Gasteiger charge is 2.41. The molecular formula is C18H22N2. The topological polar surface area (TPSA) is 24.9 Å². The Morgan fingerprint density at radius 1 is 1.15 bits per heavy atom. The Bertz CT molecular complexity index is 614. The summed E-state index contributed by atoms with van der Waals surface area (Å²) in [5, 5.41) is 4.87. The van der Waals surface area contributed by atoms with Crippen molar-refractivity contribution in [2.75, 3.05) is 11.9 Å². The second-order valence-electron chi connectivity index (χ2n) is 6.57. The Hall–Kier alpha value is -1.57. The maximum absolute atomic E-state index is 4.80. The zero-order chi connectivity index (χ0) is 13.5. The summed E-state index contributed by atoms with van der Waals surface area (Å²) in [6.45, 7) is 3.27. The summed E-state index contributed by atoms with van der Waals surface area (Å²) in [5.74, 6) is 3.96. The normalized spacial score (nSPS) is 18.7. The van der Waals surface area contributed by atoms with Crippen LogP contribution in [0, 0.1) is 24.7 Å². The van der Waals surface area contributed by atoms with Gasteiger partial charge in [-0.15, -0.1) is 0 Å². The Balaban J connectivity index is 1.53. The minimum atomic E-state index is 0.891. The summed E-state index contributed by atoms with van der Waals surface area (Å²) in [5.41, 5.74) is 2.35. The van der Waals surface area contributed by atoms with Crippen molar-refractivity contribution in [1.82, 2.24) is 4.98 Å². The fourth-order valence-corrected chi connectivity index (χ4v) is 3.38.